The monoisotopic (exact) mass is 199 g/mol. The Bertz CT molecular complexity index is 166. The van der Waals surface area contributed by atoms with Gasteiger partial charge in [-0.1, -0.05) is 13.8 Å². The molecule has 1 fully saturated rings. The molecule has 0 atom stereocenters. The van der Waals surface area contributed by atoms with E-state index in [9.17, 15) is 4.79 Å². The van der Waals surface area contributed by atoms with E-state index in [0.29, 0.717) is 19.1 Å². The van der Waals surface area contributed by atoms with Crippen LogP contribution in [0.4, 0.5) is 0 Å². The van der Waals surface area contributed by atoms with Gasteiger partial charge in [0, 0.05) is 0 Å². The molecule has 0 aromatic heterocycles. The zero-order valence-corrected chi connectivity index (χ0v) is 9.21. The Balaban J connectivity index is 1.87. The Kier molecular flexibility index (Phi) is 4.94. The van der Waals surface area contributed by atoms with Crippen LogP contribution in [-0.4, -0.2) is 25.7 Å². The number of esters is 1. The molecule has 0 radical (unpaired) electrons. The predicted octanol–water partition coefficient (Wildman–Crippen LogP) is 1.58. The highest BCUT2D eigenvalue weighted by molar-refractivity contribution is 5.71. The van der Waals surface area contributed by atoms with Crippen LogP contribution in [0.1, 0.15) is 33.1 Å². The van der Waals surface area contributed by atoms with E-state index in [1.807, 2.05) is 0 Å². The van der Waals surface area contributed by atoms with E-state index in [1.54, 1.807) is 0 Å². The summed E-state index contributed by atoms with van der Waals surface area (Å²) in [5.41, 5.74) is 0. The summed E-state index contributed by atoms with van der Waals surface area (Å²) in [6.07, 6.45) is 3.58. The first kappa shape index (κ1) is 11.5. The topological polar surface area (TPSA) is 38.3 Å². The van der Waals surface area contributed by atoms with E-state index in [1.165, 1.54) is 12.8 Å². The molecule has 1 rings (SSSR count). The smallest absolute Gasteiger partial charge is 0.319 e. The standard InChI is InChI=1S/C11H21NO2/c1-9(2)5-6-14-11(13)8-12-7-10-3-4-10/h9-10,12H,3-8H2,1-2H3. The minimum atomic E-state index is -0.119. The van der Waals surface area contributed by atoms with Gasteiger partial charge >= 0.3 is 5.97 Å². The second-order valence-electron chi connectivity index (χ2n) is 4.48. The fourth-order valence-electron chi connectivity index (χ4n) is 1.16. The number of rotatable bonds is 7. The SMILES string of the molecule is CC(C)CCOC(=O)CNCC1CC1. The molecule has 1 N–H and O–H groups in total. The highest BCUT2D eigenvalue weighted by Crippen LogP contribution is 2.27. The normalized spacial score (nSPS) is 15.9. The minimum Gasteiger partial charge on any atom is -0.465 e. The maximum atomic E-state index is 11.1. The summed E-state index contributed by atoms with van der Waals surface area (Å²) in [5.74, 6) is 1.30. The van der Waals surface area contributed by atoms with E-state index in [0.717, 1.165) is 18.9 Å². The number of carbonyl (C=O) groups excluding carboxylic acids is 1. The lowest BCUT2D eigenvalue weighted by Gasteiger charge is -2.07. The number of hydrogen-bond acceptors (Lipinski definition) is 3. The summed E-state index contributed by atoms with van der Waals surface area (Å²) in [5, 5.41) is 3.11. The van der Waals surface area contributed by atoms with Crippen molar-refractivity contribution in [3.8, 4) is 0 Å². The molecule has 1 aliphatic carbocycles. The van der Waals surface area contributed by atoms with Crippen LogP contribution in [-0.2, 0) is 9.53 Å². The first-order chi connectivity index (χ1) is 6.68. The van der Waals surface area contributed by atoms with Gasteiger partial charge in [0.05, 0.1) is 13.2 Å². The number of carbonyl (C=O) groups is 1. The van der Waals surface area contributed by atoms with Crippen LogP contribution in [0.15, 0.2) is 0 Å². The molecule has 82 valence electrons. The van der Waals surface area contributed by atoms with Gasteiger partial charge in [0.15, 0.2) is 0 Å². The molecule has 0 aliphatic heterocycles. The second-order valence-corrected chi connectivity index (χ2v) is 4.48. The summed E-state index contributed by atoms with van der Waals surface area (Å²) in [6, 6.07) is 0. The van der Waals surface area contributed by atoms with E-state index >= 15 is 0 Å². The molecule has 0 bridgehead atoms. The minimum absolute atomic E-state index is 0.119. The van der Waals surface area contributed by atoms with Crippen molar-refractivity contribution in [2.75, 3.05) is 19.7 Å². The Hall–Kier alpha value is -0.570. The van der Waals surface area contributed by atoms with Gasteiger partial charge in [-0.05, 0) is 37.6 Å². The van der Waals surface area contributed by atoms with Crippen LogP contribution in [0.25, 0.3) is 0 Å². The van der Waals surface area contributed by atoms with Crippen molar-refractivity contribution >= 4 is 5.97 Å². The molecule has 1 aliphatic rings. The highest BCUT2D eigenvalue weighted by atomic mass is 16.5. The molecule has 0 saturated heterocycles. The van der Waals surface area contributed by atoms with Gasteiger partial charge in [0.25, 0.3) is 0 Å². The Labute approximate surface area is 86.2 Å². The third-order valence-electron chi connectivity index (χ3n) is 2.36. The molecule has 3 heteroatoms. The summed E-state index contributed by atoms with van der Waals surface area (Å²) in [6.45, 7) is 6.15. The molecule has 0 heterocycles. The Morgan fingerprint density at radius 2 is 2.21 bits per heavy atom. The number of hydrogen-bond donors (Lipinski definition) is 1. The third kappa shape index (κ3) is 5.97. The van der Waals surface area contributed by atoms with Crippen LogP contribution in [0, 0.1) is 11.8 Å². The number of ether oxygens (including phenoxy) is 1. The zero-order chi connectivity index (χ0) is 10.4. The first-order valence-electron chi connectivity index (χ1n) is 5.55. The lowest BCUT2D eigenvalue weighted by atomic mass is 10.1. The molecule has 0 aromatic rings. The van der Waals surface area contributed by atoms with Gasteiger partial charge in [-0.25, -0.2) is 0 Å². The first-order valence-corrected chi connectivity index (χ1v) is 5.55. The maximum absolute atomic E-state index is 11.1. The molecule has 3 nitrogen and oxygen atoms in total. The van der Waals surface area contributed by atoms with Crippen molar-refractivity contribution in [2.24, 2.45) is 11.8 Å². The fraction of sp³-hybridized carbons (Fsp3) is 0.909. The van der Waals surface area contributed by atoms with Crippen LogP contribution < -0.4 is 5.32 Å². The quantitative estimate of drug-likeness (QED) is 0.633. The van der Waals surface area contributed by atoms with Crippen molar-refractivity contribution in [3.05, 3.63) is 0 Å². The molecule has 14 heavy (non-hydrogen) atoms. The lowest BCUT2D eigenvalue weighted by molar-refractivity contribution is -0.142. The van der Waals surface area contributed by atoms with Gasteiger partial charge in [-0.15, -0.1) is 0 Å². The molecular formula is C11H21NO2. The van der Waals surface area contributed by atoms with Crippen LogP contribution in [0.2, 0.25) is 0 Å². The van der Waals surface area contributed by atoms with Gasteiger partial charge in [-0.3, -0.25) is 4.79 Å². The van der Waals surface area contributed by atoms with E-state index in [-0.39, 0.29) is 5.97 Å². The summed E-state index contributed by atoms with van der Waals surface area (Å²) < 4.78 is 5.05. The molecule has 1 saturated carbocycles. The fourth-order valence-corrected chi connectivity index (χ4v) is 1.16. The average Bonchev–Trinajstić information content (AvgIpc) is 2.87. The third-order valence-corrected chi connectivity index (χ3v) is 2.36. The molecule has 0 spiro atoms. The number of nitrogens with one attached hydrogen (secondary N) is 1. The molecule has 0 amide bonds. The van der Waals surface area contributed by atoms with Crippen LogP contribution in [0.3, 0.4) is 0 Å². The van der Waals surface area contributed by atoms with Crippen LogP contribution >= 0.6 is 0 Å². The van der Waals surface area contributed by atoms with Crippen molar-refractivity contribution in [1.29, 1.82) is 0 Å². The average molecular weight is 199 g/mol. The van der Waals surface area contributed by atoms with Crippen molar-refractivity contribution in [1.82, 2.24) is 5.32 Å². The summed E-state index contributed by atoms with van der Waals surface area (Å²) in [7, 11) is 0. The Morgan fingerprint density at radius 1 is 1.50 bits per heavy atom. The zero-order valence-electron chi connectivity index (χ0n) is 9.21. The van der Waals surface area contributed by atoms with Crippen molar-refractivity contribution in [3.63, 3.8) is 0 Å². The van der Waals surface area contributed by atoms with Crippen LogP contribution in [0.5, 0.6) is 0 Å². The maximum Gasteiger partial charge on any atom is 0.319 e. The Morgan fingerprint density at radius 3 is 2.79 bits per heavy atom. The van der Waals surface area contributed by atoms with Gasteiger partial charge in [0.2, 0.25) is 0 Å². The molecular weight excluding hydrogens is 178 g/mol. The van der Waals surface area contributed by atoms with Gasteiger partial charge in [-0.2, -0.15) is 0 Å². The lowest BCUT2D eigenvalue weighted by Crippen LogP contribution is -2.26. The highest BCUT2D eigenvalue weighted by Gasteiger charge is 2.20. The predicted molar refractivity (Wildman–Crippen MR) is 56.0 cm³/mol. The molecule has 0 aromatic carbocycles. The van der Waals surface area contributed by atoms with E-state index in [4.69, 9.17) is 4.74 Å². The van der Waals surface area contributed by atoms with Gasteiger partial charge in [0.1, 0.15) is 0 Å². The van der Waals surface area contributed by atoms with Gasteiger partial charge < -0.3 is 10.1 Å². The van der Waals surface area contributed by atoms with Crippen molar-refractivity contribution in [2.45, 2.75) is 33.1 Å². The molecule has 0 unspecified atom stereocenters. The summed E-state index contributed by atoms with van der Waals surface area (Å²) in [4.78, 5) is 11.1. The largest absolute Gasteiger partial charge is 0.465 e. The van der Waals surface area contributed by atoms with E-state index in [2.05, 4.69) is 19.2 Å². The second kappa shape index (κ2) is 6.02. The summed E-state index contributed by atoms with van der Waals surface area (Å²) >= 11 is 0. The van der Waals surface area contributed by atoms with E-state index < -0.39 is 0 Å². The van der Waals surface area contributed by atoms with Crippen molar-refractivity contribution < 1.29 is 9.53 Å².